The van der Waals surface area contributed by atoms with Crippen LogP contribution in [0.3, 0.4) is 0 Å². The van der Waals surface area contributed by atoms with Gasteiger partial charge in [-0.25, -0.2) is 4.39 Å². The fourth-order valence-corrected chi connectivity index (χ4v) is 4.09. The fourth-order valence-electron chi connectivity index (χ4n) is 4.09. The molecule has 3 heterocycles. The number of likely N-dealkylation sites (tertiary alicyclic amines) is 1. The lowest BCUT2D eigenvalue weighted by molar-refractivity contribution is -0.134. The van der Waals surface area contributed by atoms with Crippen molar-refractivity contribution in [2.45, 2.75) is 37.6 Å². The van der Waals surface area contributed by atoms with Crippen LogP contribution >= 0.6 is 0 Å². The highest BCUT2D eigenvalue weighted by Gasteiger charge is 2.42. The topological polar surface area (TPSA) is 86.3 Å². The molecule has 0 spiro atoms. The standard InChI is InChI=1S/C22H26FN5O3/c1-30-15-10-22(21-25-20(31-26-21)17-4-6-18(23)7-5-17)9-2-12-27(16-22)19(29)8-14-28-13-3-11-24-28/h3-7,11,13H,2,8-10,12,14-16H2,1H3. The summed E-state index contributed by atoms with van der Waals surface area (Å²) in [6.45, 7) is 2.28. The zero-order chi connectivity index (χ0) is 21.7. The summed E-state index contributed by atoms with van der Waals surface area (Å²) in [7, 11) is 1.66. The van der Waals surface area contributed by atoms with Crippen molar-refractivity contribution in [1.82, 2.24) is 24.8 Å². The van der Waals surface area contributed by atoms with Gasteiger partial charge in [0.15, 0.2) is 5.82 Å². The van der Waals surface area contributed by atoms with Gasteiger partial charge in [0.25, 0.3) is 5.89 Å². The van der Waals surface area contributed by atoms with Crippen molar-refractivity contribution >= 4 is 5.91 Å². The van der Waals surface area contributed by atoms with E-state index in [-0.39, 0.29) is 11.7 Å². The number of aromatic nitrogens is 4. The molecule has 0 radical (unpaired) electrons. The first-order valence-electron chi connectivity index (χ1n) is 10.4. The normalized spacial score (nSPS) is 19.0. The minimum absolute atomic E-state index is 0.0826. The van der Waals surface area contributed by atoms with Gasteiger partial charge in [-0.15, -0.1) is 0 Å². The summed E-state index contributed by atoms with van der Waals surface area (Å²) in [5.74, 6) is 0.665. The molecule has 1 aromatic carbocycles. The van der Waals surface area contributed by atoms with Crippen LogP contribution in [0.1, 0.15) is 31.5 Å². The maximum Gasteiger partial charge on any atom is 0.257 e. The van der Waals surface area contributed by atoms with Crippen molar-refractivity contribution in [2.24, 2.45) is 0 Å². The number of nitrogens with zero attached hydrogens (tertiary/aromatic N) is 5. The second-order valence-corrected chi connectivity index (χ2v) is 7.89. The molecular weight excluding hydrogens is 401 g/mol. The van der Waals surface area contributed by atoms with Crippen LogP contribution in [0.5, 0.6) is 0 Å². The highest BCUT2D eigenvalue weighted by atomic mass is 19.1. The average Bonchev–Trinajstić information content (AvgIpc) is 3.49. The first-order chi connectivity index (χ1) is 15.1. The van der Waals surface area contributed by atoms with Crippen molar-refractivity contribution in [1.29, 1.82) is 0 Å². The van der Waals surface area contributed by atoms with Gasteiger partial charge >= 0.3 is 0 Å². The third-order valence-electron chi connectivity index (χ3n) is 5.82. The van der Waals surface area contributed by atoms with Crippen molar-refractivity contribution in [3.05, 3.63) is 54.4 Å². The number of aryl methyl sites for hydroxylation is 1. The number of hydrogen-bond acceptors (Lipinski definition) is 6. The molecule has 8 nitrogen and oxygen atoms in total. The largest absolute Gasteiger partial charge is 0.385 e. The van der Waals surface area contributed by atoms with Gasteiger partial charge in [-0.05, 0) is 49.6 Å². The first-order valence-corrected chi connectivity index (χ1v) is 10.4. The summed E-state index contributed by atoms with van der Waals surface area (Å²) in [5.41, 5.74) is 0.210. The lowest BCUT2D eigenvalue weighted by Gasteiger charge is -2.41. The van der Waals surface area contributed by atoms with E-state index in [4.69, 9.17) is 9.26 Å². The predicted octanol–water partition coefficient (Wildman–Crippen LogP) is 3.06. The van der Waals surface area contributed by atoms with Gasteiger partial charge in [0.2, 0.25) is 5.91 Å². The molecule has 1 atom stereocenters. The number of halogens is 1. The van der Waals surface area contributed by atoms with Crippen LogP contribution in [-0.2, 0) is 21.5 Å². The van der Waals surface area contributed by atoms with Crippen molar-refractivity contribution in [3.8, 4) is 11.5 Å². The molecule has 0 saturated carbocycles. The van der Waals surface area contributed by atoms with Crippen molar-refractivity contribution in [2.75, 3.05) is 26.8 Å². The molecule has 4 rings (SSSR count). The van der Waals surface area contributed by atoms with Gasteiger partial charge in [0.05, 0.1) is 5.41 Å². The van der Waals surface area contributed by atoms with Gasteiger partial charge < -0.3 is 14.2 Å². The Morgan fingerprint density at radius 2 is 2.16 bits per heavy atom. The number of rotatable bonds is 8. The average molecular weight is 427 g/mol. The van der Waals surface area contributed by atoms with E-state index in [0.717, 1.165) is 12.8 Å². The van der Waals surface area contributed by atoms with E-state index in [9.17, 15) is 9.18 Å². The quantitative estimate of drug-likeness (QED) is 0.549. The number of methoxy groups -OCH3 is 1. The van der Waals surface area contributed by atoms with Crippen LogP contribution in [-0.4, -0.2) is 57.5 Å². The number of ether oxygens (including phenoxy) is 1. The number of carbonyl (C=O) groups excluding carboxylic acids is 1. The Bertz CT molecular complexity index is 989. The highest BCUT2D eigenvalue weighted by molar-refractivity contribution is 5.76. The van der Waals surface area contributed by atoms with Crippen LogP contribution in [0.4, 0.5) is 4.39 Å². The number of hydrogen-bond donors (Lipinski definition) is 0. The molecule has 3 aromatic rings. The minimum atomic E-state index is -0.447. The summed E-state index contributed by atoms with van der Waals surface area (Å²) in [5, 5.41) is 8.42. The maximum atomic E-state index is 13.2. The Hall–Kier alpha value is -3.07. The Balaban J connectivity index is 1.52. The number of carbonyl (C=O) groups is 1. The molecule has 9 heteroatoms. The SMILES string of the molecule is COCCC1(c2noc(-c3ccc(F)cc3)n2)CCCN(C(=O)CCn2cccn2)C1. The van der Waals surface area contributed by atoms with Gasteiger partial charge in [0.1, 0.15) is 5.82 Å². The summed E-state index contributed by atoms with van der Waals surface area (Å²) < 4.78 is 25.9. The molecular formula is C22H26FN5O3. The van der Waals surface area contributed by atoms with Gasteiger partial charge in [-0.2, -0.15) is 10.1 Å². The van der Waals surface area contributed by atoms with Crippen molar-refractivity contribution < 1.29 is 18.4 Å². The highest BCUT2D eigenvalue weighted by Crippen LogP contribution is 2.37. The molecule has 1 aliphatic heterocycles. The molecule has 1 amide bonds. The van der Waals surface area contributed by atoms with Crippen LogP contribution in [0.25, 0.3) is 11.5 Å². The minimum Gasteiger partial charge on any atom is -0.385 e. The molecule has 31 heavy (non-hydrogen) atoms. The van der Waals surface area contributed by atoms with E-state index in [1.165, 1.54) is 12.1 Å². The van der Waals surface area contributed by atoms with Crippen LogP contribution < -0.4 is 0 Å². The molecule has 0 bridgehead atoms. The monoisotopic (exact) mass is 427 g/mol. The fraction of sp³-hybridized carbons (Fsp3) is 0.455. The maximum absolute atomic E-state index is 13.2. The smallest absolute Gasteiger partial charge is 0.257 e. The summed E-state index contributed by atoms with van der Waals surface area (Å²) >= 11 is 0. The summed E-state index contributed by atoms with van der Waals surface area (Å²) in [6.07, 6.45) is 6.29. The van der Waals surface area contributed by atoms with E-state index < -0.39 is 5.41 Å². The lowest BCUT2D eigenvalue weighted by atomic mass is 9.76. The third-order valence-corrected chi connectivity index (χ3v) is 5.82. The van der Waals surface area contributed by atoms with E-state index >= 15 is 0 Å². The molecule has 1 saturated heterocycles. The van der Waals surface area contributed by atoms with Gasteiger partial charge in [0, 0.05) is 57.7 Å². The van der Waals surface area contributed by atoms with Crippen molar-refractivity contribution in [3.63, 3.8) is 0 Å². The van der Waals surface area contributed by atoms with E-state index in [2.05, 4.69) is 15.2 Å². The Morgan fingerprint density at radius 3 is 2.90 bits per heavy atom. The van der Waals surface area contributed by atoms with E-state index in [1.54, 1.807) is 30.1 Å². The van der Waals surface area contributed by atoms with E-state index in [1.807, 2.05) is 17.2 Å². The predicted molar refractivity (Wildman–Crippen MR) is 111 cm³/mol. The zero-order valence-corrected chi connectivity index (χ0v) is 17.5. The molecule has 0 N–H and O–H groups in total. The zero-order valence-electron chi connectivity index (χ0n) is 17.5. The number of piperidine rings is 1. The first kappa shape index (κ1) is 21.2. The van der Waals surface area contributed by atoms with Gasteiger partial charge in [-0.1, -0.05) is 5.16 Å². The summed E-state index contributed by atoms with van der Waals surface area (Å²) in [4.78, 5) is 19.4. The second-order valence-electron chi connectivity index (χ2n) is 7.89. The lowest BCUT2D eigenvalue weighted by Crippen LogP contribution is -2.49. The van der Waals surface area contributed by atoms with Crippen LogP contribution in [0.15, 0.2) is 47.2 Å². The molecule has 1 aliphatic rings. The number of amides is 1. The van der Waals surface area contributed by atoms with Crippen LogP contribution in [0.2, 0.25) is 0 Å². The molecule has 2 aromatic heterocycles. The second kappa shape index (κ2) is 9.38. The molecule has 0 aliphatic carbocycles. The number of benzene rings is 1. The Morgan fingerprint density at radius 1 is 1.32 bits per heavy atom. The van der Waals surface area contributed by atoms with Gasteiger partial charge in [-0.3, -0.25) is 9.48 Å². The summed E-state index contributed by atoms with van der Waals surface area (Å²) in [6, 6.07) is 7.79. The molecule has 164 valence electrons. The molecule has 1 fully saturated rings. The van der Waals surface area contributed by atoms with E-state index in [0.29, 0.717) is 56.4 Å². The van der Waals surface area contributed by atoms with Crippen LogP contribution in [0, 0.1) is 5.82 Å². The Kier molecular flexibility index (Phi) is 6.41. The third kappa shape index (κ3) is 4.82. The Labute approximate surface area is 180 Å². The molecule has 1 unspecified atom stereocenters.